The van der Waals surface area contributed by atoms with E-state index in [0.717, 1.165) is 28.7 Å². The molecule has 4 saturated carbocycles. The molecular formula is C33H37NO. The maximum Gasteiger partial charge on any atom is 0.252 e. The molecule has 180 valence electrons. The summed E-state index contributed by atoms with van der Waals surface area (Å²) in [5, 5.41) is 5.87. The van der Waals surface area contributed by atoms with Crippen molar-refractivity contribution in [3.05, 3.63) is 82.9 Å². The summed E-state index contributed by atoms with van der Waals surface area (Å²) in [7, 11) is 0. The van der Waals surface area contributed by atoms with Crippen molar-refractivity contribution in [1.29, 1.82) is 0 Å². The lowest BCUT2D eigenvalue weighted by Crippen LogP contribution is -2.35. The lowest BCUT2D eigenvalue weighted by molar-refractivity contribution is 0.0909. The summed E-state index contributed by atoms with van der Waals surface area (Å²) in [6.45, 7) is 0. The summed E-state index contributed by atoms with van der Waals surface area (Å²) in [4.78, 5) is 13.9. The van der Waals surface area contributed by atoms with Crippen LogP contribution >= 0.6 is 0 Å². The van der Waals surface area contributed by atoms with Gasteiger partial charge in [0.1, 0.15) is 0 Å². The van der Waals surface area contributed by atoms with Crippen LogP contribution in [0, 0.1) is 23.7 Å². The fourth-order valence-electron chi connectivity index (χ4n) is 7.20. The van der Waals surface area contributed by atoms with Crippen molar-refractivity contribution in [3.63, 3.8) is 0 Å². The molecule has 2 nitrogen and oxygen atoms in total. The quantitative estimate of drug-likeness (QED) is 0.361. The second-order valence-electron chi connectivity index (χ2n) is 12.1. The fraction of sp³-hybridized carbons (Fsp3) is 0.485. The Hall–Kier alpha value is -2.61. The van der Waals surface area contributed by atoms with Gasteiger partial charge in [0.2, 0.25) is 0 Å². The van der Waals surface area contributed by atoms with Crippen LogP contribution in [-0.2, 0) is 6.42 Å². The van der Waals surface area contributed by atoms with E-state index in [2.05, 4.69) is 66.0 Å². The van der Waals surface area contributed by atoms with E-state index < -0.39 is 0 Å². The topological polar surface area (TPSA) is 29.1 Å². The van der Waals surface area contributed by atoms with Crippen LogP contribution in [0.3, 0.4) is 0 Å². The molecule has 35 heavy (non-hydrogen) atoms. The average Bonchev–Trinajstić information content (AvgIpc) is 3.83. The molecule has 0 spiro atoms. The van der Waals surface area contributed by atoms with Gasteiger partial charge in [0, 0.05) is 5.56 Å². The molecule has 3 aromatic rings. The van der Waals surface area contributed by atoms with Gasteiger partial charge in [0.05, 0.1) is 6.04 Å². The predicted octanol–water partition coefficient (Wildman–Crippen LogP) is 7.97. The molecule has 0 heterocycles. The monoisotopic (exact) mass is 463 g/mol. The summed E-state index contributed by atoms with van der Waals surface area (Å²) < 4.78 is 0. The minimum absolute atomic E-state index is 0.106. The number of rotatable bonds is 8. The Morgan fingerprint density at radius 1 is 0.886 bits per heavy atom. The fourth-order valence-corrected chi connectivity index (χ4v) is 7.20. The molecule has 1 N–H and O–H groups in total. The largest absolute Gasteiger partial charge is 0.345 e. The molecule has 0 radical (unpaired) electrons. The minimum Gasteiger partial charge on any atom is -0.345 e. The molecular weight excluding hydrogens is 426 g/mol. The van der Waals surface area contributed by atoms with Gasteiger partial charge in [-0.15, -0.1) is 0 Å². The maximum atomic E-state index is 13.9. The molecule has 1 amide bonds. The van der Waals surface area contributed by atoms with Crippen LogP contribution in [0.4, 0.5) is 0 Å². The van der Waals surface area contributed by atoms with Crippen molar-refractivity contribution in [1.82, 2.24) is 5.32 Å². The first kappa shape index (κ1) is 21.7. The number of fused-ring (bicyclic) bond motifs is 3. The SMILES string of the molecule is O=C(N[C@@H](c1ccc(CCC2CC2)cc1)C1C[C@H]2CC[C@@H]1C2)c1cc(C2CC2)cc2ccccc12. The standard InChI is InChI=1S/C33H37NO/c35-33(31-20-28(24-15-16-24)19-26-3-1-2-4-29(26)31)34-32(30-18-23-11-14-27(30)17-23)25-12-9-22(10-13-25)8-7-21-5-6-21/h1-4,9-10,12-13,19-21,23-24,27,30,32H,5-8,11,14-18H2,(H,34,35)/t23-,27+,30?,32-/m0/s1. The molecule has 4 aliphatic rings. The number of nitrogens with one attached hydrogen (secondary N) is 1. The van der Waals surface area contributed by atoms with Gasteiger partial charge in [0.25, 0.3) is 5.91 Å². The molecule has 4 aliphatic carbocycles. The first-order valence-corrected chi connectivity index (χ1v) is 14.1. The lowest BCUT2D eigenvalue weighted by atomic mass is 9.80. The molecule has 0 aromatic heterocycles. The van der Waals surface area contributed by atoms with Gasteiger partial charge >= 0.3 is 0 Å². The van der Waals surface area contributed by atoms with E-state index in [1.165, 1.54) is 86.3 Å². The van der Waals surface area contributed by atoms with Crippen molar-refractivity contribution in [2.24, 2.45) is 23.7 Å². The molecule has 2 heteroatoms. The van der Waals surface area contributed by atoms with E-state index in [1.807, 2.05) is 0 Å². The normalized spacial score (nSPS) is 26.2. The maximum absolute atomic E-state index is 13.9. The first-order chi connectivity index (χ1) is 17.2. The van der Waals surface area contributed by atoms with Gasteiger partial charge in [-0.2, -0.15) is 0 Å². The second-order valence-corrected chi connectivity index (χ2v) is 12.1. The molecule has 0 saturated heterocycles. The third kappa shape index (κ3) is 4.41. The van der Waals surface area contributed by atoms with Crippen LogP contribution in [0.15, 0.2) is 60.7 Å². The Morgan fingerprint density at radius 3 is 2.43 bits per heavy atom. The van der Waals surface area contributed by atoms with Crippen LogP contribution < -0.4 is 5.32 Å². The molecule has 0 aliphatic heterocycles. The molecule has 2 bridgehead atoms. The number of benzene rings is 3. The molecule has 7 rings (SSSR count). The summed E-state index contributed by atoms with van der Waals surface area (Å²) in [6, 6.07) is 22.3. The summed E-state index contributed by atoms with van der Waals surface area (Å²) in [6.07, 6.45) is 13.2. The highest BCUT2D eigenvalue weighted by Gasteiger charge is 2.44. The van der Waals surface area contributed by atoms with Gasteiger partial charge in [-0.05, 0) is 108 Å². The number of hydrogen-bond acceptors (Lipinski definition) is 1. The van der Waals surface area contributed by atoms with E-state index in [9.17, 15) is 4.79 Å². The predicted molar refractivity (Wildman–Crippen MR) is 143 cm³/mol. The van der Waals surface area contributed by atoms with Gasteiger partial charge in [-0.25, -0.2) is 0 Å². The number of hydrogen-bond donors (Lipinski definition) is 1. The van der Waals surface area contributed by atoms with Crippen LogP contribution in [0.25, 0.3) is 10.8 Å². The number of carbonyl (C=O) groups is 1. The minimum atomic E-state index is 0.106. The Bertz CT molecular complexity index is 1240. The summed E-state index contributed by atoms with van der Waals surface area (Å²) >= 11 is 0. The molecule has 4 fully saturated rings. The van der Waals surface area contributed by atoms with Gasteiger partial charge in [-0.3, -0.25) is 4.79 Å². The Labute approximate surface area is 209 Å². The van der Waals surface area contributed by atoms with Crippen molar-refractivity contribution < 1.29 is 4.79 Å². The van der Waals surface area contributed by atoms with Gasteiger partial charge in [-0.1, -0.05) is 73.9 Å². The smallest absolute Gasteiger partial charge is 0.252 e. The summed E-state index contributed by atoms with van der Waals surface area (Å²) in [5.41, 5.74) is 4.94. The van der Waals surface area contributed by atoms with E-state index in [-0.39, 0.29) is 11.9 Å². The van der Waals surface area contributed by atoms with Crippen LogP contribution in [0.5, 0.6) is 0 Å². The zero-order valence-electron chi connectivity index (χ0n) is 20.7. The van der Waals surface area contributed by atoms with Crippen LogP contribution in [0.1, 0.15) is 96.8 Å². The summed E-state index contributed by atoms with van der Waals surface area (Å²) in [5.74, 6) is 3.89. The second kappa shape index (κ2) is 8.80. The molecule has 3 aromatic carbocycles. The van der Waals surface area contributed by atoms with Crippen LogP contribution in [0.2, 0.25) is 0 Å². The van der Waals surface area contributed by atoms with Crippen molar-refractivity contribution >= 4 is 16.7 Å². The van der Waals surface area contributed by atoms with E-state index in [4.69, 9.17) is 0 Å². The lowest BCUT2D eigenvalue weighted by Gasteiger charge is -2.32. The zero-order valence-corrected chi connectivity index (χ0v) is 20.7. The van der Waals surface area contributed by atoms with Crippen molar-refractivity contribution in [2.45, 2.75) is 76.2 Å². The van der Waals surface area contributed by atoms with Crippen molar-refractivity contribution in [2.75, 3.05) is 0 Å². The number of carbonyl (C=O) groups excluding carboxylic acids is 1. The van der Waals surface area contributed by atoms with Gasteiger partial charge in [0.15, 0.2) is 0 Å². The highest BCUT2D eigenvalue weighted by atomic mass is 16.1. The Kier molecular flexibility index (Phi) is 5.45. The van der Waals surface area contributed by atoms with E-state index in [1.54, 1.807) is 0 Å². The van der Waals surface area contributed by atoms with Gasteiger partial charge < -0.3 is 5.32 Å². The third-order valence-corrected chi connectivity index (χ3v) is 9.56. The molecule has 1 unspecified atom stereocenters. The van der Waals surface area contributed by atoms with Crippen LogP contribution in [-0.4, -0.2) is 5.91 Å². The number of aryl methyl sites for hydroxylation is 1. The average molecular weight is 464 g/mol. The van der Waals surface area contributed by atoms with E-state index in [0.29, 0.717) is 11.8 Å². The third-order valence-electron chi connectivity index (χ3n) is 9.56. The first-order valence-electron chi connectivity index (χ1n) is 14.1. The zero-order chi connectivity index (χ0) is 23.4. The number of amides is 1. The Morgan fingerprint density at radius 2 is 1.71 bits per heavy atom. The van der Waals surface area contributed by atoms with E-state index >= 15 is 0 Å². The molecule has 4 atom stereocenters. The van der Waals surface area contributed by atoms with Crippen molar-refractivity contribution in [3.8, 4) is 0 Å². The highest BCUT2D eigenvalue weighted by molar-refractivity contribution is 6.07. The highest BCUT2D eigenvalue weighted by Crippen LogP contribution is 2.52. The Balaban J connectivity index is 1.19.